The first-order chi connectivity index (χ1) is 9.22. The molecule has 0 amide bonds. The maximum Gasteiger partial charge on any atom is 0.154 e. The molecule has 0 radical (unpaired) electrons. The van der Waals surface area contributed by atoms with Crippen LogP contribution in [-0.2, 0) is 4.79 Å². The molecule has 0 saturated carbocycles. The second kappa shape index (κ2) is 6.74. The molecule has 0 aliphatic carbocycles. The average molecular weight is 273 g/mol. The van der Waals surface area contributed by atoms with Gasteiger partial charge < -0.3 is 5.32 Å². The number of benzene rings is 1. The van der Waals surface area contributed by atoms with Gasteiger partial charge in [0.15, 0.2) is 5.78 Å². The molecule has 0 fully saturated rings. The molecule has 1 aromatic carbocycles. The zero-order valence-corrected chi connectivity index (χ0v) is 13.8. The lowest BCUT2D eigenvalue weighted by Gasteiger charge is -2.22. The second-order valence-electron chi connectivity index (χ2n) is 6.19. The molecule has 110 valence electrons. The van der Waals surface area contributed by atoms with E-state index in [0.717, 1.165) is 11.4 Å². The molecular weight excluding hydrogens is 246 g/mol. The van der Waals surface area contributed by atoms with Crippen molar-refractivity contribution in [1.29, 1.82) is 0 Å². The molecule has 0 bridgehead atoms. The summed E-state index contributed by atoms with van der Waals surface area (Å²) >= 11 is 0. The lowest BCUT2D eigenvalue weighted by Crippen LogP contribution is -2.07. The lowest BCUT2D eigenvalue weighted by molar-refractivity contribution is -0.112. The molecule has 0 spiro atoms. The lowest BCUT2D eigenvalue weighted by atomic mass is 9.90. The summed E-state index contributed by atoms with van der Waals surface area (Å²) in [6.45, 7) is 14.5. The summed E-state index contributed by atoms with van der Waals surface area (Å²) in [6, 6.07) is 4.47. The Kier molecular flexibility index (Phi) is 5.55. The van der Waals surface area contributed by atoms with Gasteiger partial charge in [0, 0.05) is 11.4 Å². The summed E-state index contributed by atoms with van der Waals surface area (Å²) in [5.41, 5.74) is 5.96. The van der Waals surface area contributed by atoms with Crippen LogP contribution >= 0.6 is 0 Å². The van der Waals surface area contributed by atoms with Crippen molar-refractivity contribution in [2.24, 2.45) is 0 Å². The number of carbonyl (C=O) groups excluding carboxylic acids is 1. The van der Waals surface area contributed by atoms with Gasteiger partial charge in [0.05, 0.1) is 0 Å². The Balaban J connectivity index is 3.37. The molecule has 0 aromatic heterocycles. The predicted molar refractivity (Wildman–Crippen MR) is 87.4 cm³/mol. The van der Waals surface area contributed by atoms with Gasteiger partial charge >= 0.3 is 0 Å². The van der Waals surface area contributed by atoms with Crippen molar-refractivity contribution in [2.75, 3.05) is 5.32 Å². The third-order valence-corrected chi connectivity index (χ3v) is 3.33. The highest BCUT2D eigenvalue weighted by Gasteiger charge is 2.15. The monoisotopic (exact) mass is 273 g/mol. The SMILES string of the molecule is CC(=O)C=C(C)Nc1c(C(C)C)cc(C)cc1C(C)C. The third kappa shape index (κ3) is 4.22. The molecule has 0 unspecified atom stereocenters. The number of allylic oxidation sites excluding steroid dienone is 2. The van der Waals surface area contributed by atoms with Crippen molar-refractivity contribution in [3.63, 3.8) is 0 Å². The van der Waals surface area contributed by atoms with E-state index in [0.29, 0.717) is 11.8 Å². The number of rotatable bonds is 5. The minimum atomic E-state index is 0.0688. The third-order valence-electron chi connectivity index (χ3n) is 3.33. The highest BCUT2D eigenvalue weighted by molar-refractivity contribution is 5.88. The first-order valence-electron chi connectivity index (χ1n) is 7.32. The molecular formula is C18H27NO. The zero-order valence-electron chi connectivity index (χ0n) is 13.8. The van der Waals surface area contributed by atoms with Crippen molar-refractivity contribution in [3.8, 4) is 0 Å². The topological polar surface area (TPSA) is 29.1 Å². The minimum absolute atomic E-state index is 0.0688. The van der Waals surface area contributed by atoms with Gasteiger partial charge in [0.1, 0.15) is 0 Å². The van der Waals surface area contributed by atoms with E-state index in [9.17, 15) is 4.79 Å². The molecule has 2 heteroatoms. The standard InChI is InChI=1S/C18H27NO/c1-11(2)16-8-13(5)9-17(12(3)4)18(16)19-14(6)10-15(7)20/h8-12,19H,1-7H3. The van der Waals surface area contributed by atoms with E-state index in [1.54, 1.807) is 13.0 Å². The van der Waals surface area contributed by atoms with Gasteiger partial charge in [-0.3, -0.25) is 4.79 Å². The smallest absolute Gasteiger partial charge is 0.154 e. The van der Waals surface area contributed by atoms with Crippen LogP contribution in [0.4, 0.5) is 5.69 Å². The van der Waals surface area contributed by atoms with Gasteiger partial charge in [0.2, 0.25) is 0 Å². The normalized spacial score (nSPS) is 12.2. The Hall–Kier alpha value is -1.57. The van der Waals surface area contributed by atoms with Gasteiger partial charge in [-0.15, -0.1) is 0 Å². The molecule has 20 heavy (non-hydrogen) atoms. The highest BCUT2D eigenvalue weighted by atomic mass is 16.1. The Morgan fingerprint density at radius 2 is 1.50 bits per heavy atom. The van der Waals surface area contributed by atoms with Gasteiger partial charge in [-0.2, -0.15) is 0 Å². The van der Waals surface area contributed by atoms with Crippen LogP contribution in [0.25, 0.3) is 0 Å². The quantitative estimate of drug-likeness (QED) is 0.752. The summed E-state index contributed by atoms with van der Waals surface area (Å²) in [5, 5.41) is 3.44. The summed E-state index contributed by atoms with van der Waals surface area (Å²) in [4.78, 5) is 11.2. The van der Waals surface area contributed by atoms with E-state index in [2.05, 4.69) is 52.1 Å². The van der Waals surface area contributed by atoms with Crippen molar-refractivity contribution < 1.29 is 4.79 Å². The molecule has 0 aliphatic rings. The van der Waals surface area contributed by atoms with E-state index in [4.69, 9.17) is 0 Å². The maximum atomic E-state index is 11.2. The van der Waals surface area contributed by atoms with Crippen LogP contribution in [0.2, 0.25) is 0 Å². The molecule has 0 saturated heterocycles. The molecule has 0 aliphatic heterocycles. The van der Waals surface area contributed by atoms with E-state index >= 15 is 0 Å². The van der Waals surface area contributed by atoms with Crippen molar-refractivity contribution >= 4 is 11.5 Å². The molecule has 1 aromatic rings. The van der Waals surface area contributed by atoms with Crippen LogP contribution in [0.15, 0.2) is 23.9 Å². The minimum Gasteiger partial charge on any atom is -0.359 e. The van der Waals surface area contributed by atoms with Gasteiger partial charge in [-0.25, -0.2) is 0 Å². The fourth-order valence-corrected chi connectivity index (χ4v) is 2.44. The number of ketones is 1. The van der Waals surface area contributed by atoms with Crippen LogP contribution in [0.3, 0.4) is 0 Å². The fraction of sp³-hybridized carbons (Fsp3) is 0.500. The second-order valence-corrected chi connectivity index (χ2v) is 6.19. The first kappa shape index (κ1) is 16.5. The van der Waals surface area contributed by atoms with Crippen LogP contribution in [0, 0.1) is 6.92 Å². The van der Waals surface area contributed by atoms with Gasteiger partial charge in [-0.05, 0) is 49.8 Å². The maximum absolute atomic E-state index is 11.2. The van der Waals surface area contributed by atoms with Crippen molar-refractivity contribution in [3.05, 3.63) is 40.6 Å². The Morgan fingerprint density at radius 1 is 1.05 bits per heavy atom. The van der Waals surface area contributed by atoms with Crippen molar-refractivity contribution in [2.45, 2.75) is 60.3 Å². The predicted octanol–water partition coefficient (Wildman–Crippen LogP) is 5.15. The number of hydrogen-bond acceptors (Lipinski definition) is 2. The number of nitrogens with one attached hydrogen (secondary N) is 1. The molecule has 0 atom stereocenters. The first-order valence-corrected chi connectivity index (χ1v) is 7.32. The van der Waals surface area contributed by atoms with Gasteiger partial charge in [-0.1, -0.05) is 45.4 Å². The van der Waals surface area contributed by atoms with E-state index in [1.807, 2.05) is 6.92 Å². The number of carbonyl (C=O) groups is 1. The summed E-state index contributed by atoms with van der Waals surface area (Å²) in [5.74, 6) is 0.958. The van der Waals surface area contributed by atoms with Crippen LogP contribution in [0.1, 0.15) is 70.1 Å². The Labute approximate surface area is 123 Å². The highest BCUT2D eigenvalue weighted by Crippen LogP contribution is 2.34. The van der Waals surface area contributed by atoms with Gasteiger partial charge in [0.25, 0.3) is 0 Å². The van der Waals surface area contributed by atoms with Crippen LogP contribution < -0.4 is 5.32 Å². The molecule has 1 rings (SSSR count). The van der Waals surface area contributed by atoms with E-state index in [-0.39, 0.29) is 5.78 Å². The number of anilines is 1. The fourth-order valence-electron chi connectivity index (χ4n) is 2.44. The largest absolute Gasteiger partial charge is 0.359 e. The number of hydrogen-bond donors (Lipinski definition) is 1. The summed E-state index contributed by atoms with van der Waals surface area (Å²) in [6.07, 6.45) is 1.65. The van der Waals surface area contributed by atoms with E-state index in [1.165, 1.54) is 16.7 Å². The molecule has 1 N–H and O–H groups in total. The molecule has 2 nitrogen and oxygen atoms in total. The zero-order chi connectivity index (χ0) is 15.4. The summed E-state index contributed by atoms with van der Waals surface area (Å²) in [7, 11) is 0. The average Bonchev–Trinajstić information content (AvgIpc) is 2.29. The molecule has 0 heterocycles. The summed E-state index contributed by atoms with van der Waals surface area (Å²) < 4.78 is 0. The van der Waals surface area contributed by atoms with Crippen LogP contribution in [-0.4, -0.2) is 5.78 Å². The van der Waals surface area contributed by atoms with Crippen LogP contribution in [0.5, 0.6) is 0 Å². The number of aryl methyl sites for hydroxylation is 1. The van der Waals surface area contributed by atoms with Crippen molar-refractivity contribution in [1.82, 2.24) is 0 Å². The Morgan fingerprint density at radius 3 is 1.85 bits per heavy atom. The van der Waals surface area contributed by atoms with E-state index < -0.39 is 0 Å². The Bertz CT molecular complexity index is 495.